The Morgan fingerprint density at radius 1 is 1.00 bits per heavy atom. The molecule has 2 fully saturated rings. The topological polar surface area (TPSA) is 72.6 Å². The molecule has 5 rings (SSSR count). The zero-order chi connectivity index (χ0) is 23.0. The second-order valence-corrected chi connectivity index (χ2v) is 10.5. The lowest BCUT2D eigenvalue weighted by Crippen LogP contribution is -2.38. The Morgan fingerprint density at radius 3 is 2.36 bits per heavy atom. The molecular weight excluding hydrogens is 475 g/mol. The van der Waals surface area contributed by atoms with Crippen LogP contribution in [0.15, 0.2) is 36.4 Å². The highest BCUT2D eigenvalue weighted by atomic mass is 32.2. The van der Waals surface area contributed by atoms with Gasteiger partial charge in [0.2, 0.25) is 0 Å². The second kappa shape index (κ2) is 9.05. The van der Waals surface area contributed by atoms with E-state index >= 15 is 0 Å². The van der Waals surface area contributed by atoms with Crippen molar-refractivity contribution in [1.82, 2.24) is 19.8 Å². The summed E-state index contributed by atoms with van der Waals surface area (Å²) in [5.41, 5.74) is 1.25. The first kappa shape index (κ1) is 22.3. The standard InChI is InChI=1S/C21H20F3N5O2S2/c22-21(23,24)20-26-25-16-5-6-17(27-29(16)20)28-9-7-13(8-10-28)18(30)31-15-3-1-14(2-4-15)19-32-11-12-33-19/h1-6,13,19H,7-12H2. The molecule has 2 aliphatic rings. The van der Waals surface area contributed by atoms with E-state index in [4.69, 9.17) is 4.74 Å². The maximum Gasteiger partial charge on any atom is 0.453 e. The van der Waals surface area contributed by atoms with Crippen molar-refractivity contribution in [2.45, 2.75) is 23.6 Å². The van der Waals surface area contributed by atoms with E-state index in [-0.39, 0.29) is 17.5 Å². The normalized spacial score (nSPS) is 18.2. The molecule has 4 heterocycles. The van der Waals surface area contributed by atoms with Gasteiger partial charge in [0.05, 0.1) is 10.5 Å². The number of halogens is 3. The SMILES string of the molecule is O=C(Oc1ccc(C2SCCS2)cc1)C1CCN(c2ccc3nnc(C(F)(F)F)n3n2)CC1. The van der Waals surface area contributed by atoms with Crippen molar-refractivity contribution >= 4 is 41.0 Å². The number of rotatable bonds is 4. The van der Waals surface area contributed by atoms with Crippen molar-refractivity contribution in [2.24, 2.45) is 5.92 Å². The molecule has 12 heteroatoms. The number of esters is 1. The van der Waals surface area contributed by atoms with Gasteiger partial charge in [0, 0.05) is 24.6 Å². The Kier molecular flexibility index (Phi) is 6.12. The minimum absolute atomic E-state index is 0.0284. The van der Waals surface area contributed by atoms with E-state index in [9.17, 15) is 18.0 Å². The molecule has 1 aromatic carbocycles. The Morgan fingerprint density at radius 2 is 1.70 bits per heavy atom. The average Bonchev–Trinajstić information content (AvgIpc) is 3.49. The molecular formula is C21H20F3N5O2S2. The molecule has 0 atom stereocenters. The molecule has 2 aliphatic heterocycles. The largest absolute Gasteiger partial charge is 0.453 e. The number of alkyl halides is 3. The van der Waals surface area contributed by atoms with Gasteiger partial charge in [0.1, 0.15) is 11.6 Å². The van der Waals surface area contributed by atoms with Gasteiger partial charge < -0.3 is 9.64 Å². The van der Waals surface area contributed by atoms with Gasteiger partial charge >= 0.3 is 12.1 Å². The van der Waals surface area contributed by atoms with E-state index < -0.39 is 12.0 Å². The number of anilines is 1. The number of carbonyl (C=O) groups excluding carboxylic acids is 1. The van der Waals surface area contributed by atoms with Crippen LogP contribution in [0, 0.1) is 5.92 Å². The van der Waals surface area contributed by atoms with E-state index in [0.29, 0.717) is 46.6 Å². The Bertz CT molecular complexity index is 1140. The monoisotopic (exact) mass is 495 g/mol. The fraction of sp³-hybridized carbons (Fsp3) is 0.429. The smallest absolute Gasteiger partial charge is 0.426 e. The van der Waals surface area contributed by atoms with Crippen LogP contribution < -0.4 is 9.64 Å². The van der Waals surface area contributed by atoms with Crippen molar-refractivity contribution in [1.29, 1.82) is 0 Å². The second-order valence-electron chi connectivity index (χ2n) is 7.81. The van der Waals surface area contributed by atoms with Crippen LogP contribution in [-0.4, -0.2) is 50.4 Å². The van der Waals surface area contributed by atoms with E-state index in [1.165, 1.54) is 11.6 Å². The fourth-order valence-corrected chi connectivity index (χ4v) is 6.77. The quantitative estimate of drug-likeness (QED) is 0.389. The number of aromatic nitrogens is 4. The summed E-state index contributed by atoms with van der Waals surface area (Å²) in [6.07, 6.45) is -3.59. The highest BCUT2D eigenvalue weighted by Gasteiger charge is 2.38. The average molecular weight is 496 g/mol. The summed E-state index contributed by atoms with van der Waals surface area (Å²) < 4.78 is 46.1. The van der Waals surface area contributed by atoms with Gasteiger partial charge in [-0.15, -0.1) is 38.8 Å². The maximum atomic E-state index is 13.1. The van der Waals surface area contributed by atoms with Gasteiger partial charge in [0.25, 0.3) is 5.82 Å². The number of ether oxygens (including phenoxy) is 1. The summed E-state index contributed by atoms with van der Waals surface area (Å²) in [5, 5.41) is 10.8. The number of thioether (sulfide) groups is 2. The van der Waals surface area contributed by atoms with Crippen LogP contribution in [-0.2, 0) is 11.0 Å². The molecule has 33 heavy (non-hydrogen) atoms. The van der Waals surface area contributed by atoms with Gasteiger partial charge in [-0.3, -0.25) is 4.79 Å². The molecule has 0 spiro atoms. The first-order valence-corrected chi connectivity index (χ1v) is 12.6. The third-order valence-corrected chi connectivity index (χ3v) is 8.75. The van der Waals surface area contributed by atoms with Crippen LogP contribution in [0.4, 0.5) is 19.0 Å². The minimum Gasteiger partial charge on any atom is -0.426 e. The summed E-state index contributed by atoms with van der Waals surface area (Å²) in [4.78, 5) is 14.5. The molecule has 0 aliphatic carbocycles. The molecule has 0 amide bonds. The Hall–Kier alpha value is -2.47. The lowest BCUT2D eigenvalue weighted by Gasteiger charge is -2.31. The van der Waals surface area contributed by atoms with Gasteiger partial charge in [-0.1, -0.05) is 12.1 Å². The molecule has 0 radical (unpaired) electrons. The number of hydrogen-bond donors (Lipinski definition) is 0. The van der Waals surface area contributed by atoms with E-state index in [1.807, 2.05) is 52.7 Å². The van der Waals surface area contributed by atoms with Crippen LogP contribution in [0.3, 0.4) is 0 Å². The molecule has 174 valence electrons. The molecule has 0 unspecified atom stereocenters. The predicted octanol–water partition coefficient (Wildman–Crippen LogP) is 4.44. The van der Waals surface area contributed by atoms with Crippen LogP contribution in [0.2, 0.25) is 0 Å². The number of carbonyl (C=O) groups is 1. The molecule has 7 nitrogen and oxygen atoms in total. The van der Waals surface area contributed by atoms with Crippen LogP contribution in [0.5, 0.6) is 5.75 Å². The lowest BCUT2D eigenvalue weighted by atomic mass is 9.97. The Balaban J connectivity index is 1.20. The first-order valence-electron chi connectivity index (χ1n) is 10.5. The Labute approximate surface area is 196 Å². The minimum atomic E-state index is -4.64. The maximum absolute atomic E-state index is 13.1. The molecule has 2 saturated heterocycles. The number of nitrogens with zero attached hydrogens (tertiary/aromatic N) is 5. The van der Waals surface area contributed by atoms with E-state index in [2.05, 4.69) is 15.3 Å². The summed E-state index contributed by atoms with van der Waals surface area (Å²) in [5.74, 6) is 1.50. The summed E-state index contributed by atoms with van der Waals surface area (Å²) in [7, 11) is 0. The first-order chi connectivity index (χ1) is 15.9. The number of piperidine rings is 1. The van der Waals surface area contributed by atoms with Gasteiger partial charge in [-0.05, 0) is 42.7 Å². The number of hydrogen-bond acceptors (Lipinski definition) is 8. The zero-order valence-electron chi connectivity index (χ0n) is 17.4. The number of fused-ring (bicyclic) bond motifs is 1. The van der Waals surface area contributed by atoms with Crippen LogP contribution in [0.25, 0.3) is 5.65 Å². The van der Waals surface area contributed by atoms with Crippen molar-refractivity contribution in [3.8, 4) is 5.75 Å². The highest BCUT2D eigenvalue weighted by molar-refractivity contribution is 8.19. The van der Waals surface area contributed by atoms with Crippen molar-refractivity contribution in [3.05, 3.63) is 47.8 Å². The summed E-state index contributed by atoms with van der Waals surface area (Å²) >= 11 is 3.84. The van der Waals surface area contributed by atoms with E-state index in [0.717, 1.165) is 11.5 Å². The van der Waals surface area contributed by atoms with Gasteiger partial charge in [0.15, 0.2) is 5.65 Å². The van der Waals surface area contributed by atoms with Crippen LogP contribution >= 0.6 is 23.5 Å². The van der Waals surface area contributed by atoms with Crippen molar-refractivity contribution < 1.29 is 22.7 Å². The van der Waals surface area contributed by atoms with E-state index in [1.54, 1.807) is 6.07 Å². The summed E-state index contributed by atoms with van der Waals surface area (Å²) in [6, 6.07) is 10.7. The highest BCUT2D eigenvalue weighted by Crippen LogP contribution is 2.45. The third kappa shape index (κ3) is 4.77. The van der Waals surface area contributed by atoms with Crippen molar-refractivity contribution in [2.75, 3.05) is 29.5 Å². The van der Waals surface area contributed by atoms with Crippen molar-refractivity contribution in [3.63, 3.8) is 0 Å². The van der Waals surface area contributed by atoms with Gasteiger partial charge in [-0.25, -0.2) is 0 Å². The fourth-order valence-electron chi connectivity index (χ4n) is 3.91. The predicted molar refractivity (Wildman–Crippen MR) is 120 cm³/mol. The lowest BCUT2D eigenvalue weighted by molar-refractivity contribution is -0.146. The molecule has 0 bridgehead atoms. The summed E-state index contributed by atoms with van der Waals surface area (Å²) in [6.45, 7) is 0.966. The molecule has 3 aromatic rings. The zero-order valence-corrected chi connectivity index (χ0v) is 19.0. The van der Waals surface area contributed by atoms with Gasteiger partial charge in [-0.2, -0.15) is 17.7 Å². The molecule has 2 aromatic heterocycles. The third-order valence-electron chi connectivity index (χ3n) is 5.65. The molecule has 0 saturated carbocycles. The number of benzene rings is 1. The molecule has 0 N–H and O–H groups in total. The van der Waals surface area contributed by atoms with Crippen LogP contribution in [0.1, 0.15) is 28.8 Å².